The average molecular weight is 228 g/mol. The molecule has 88 valence electrons. The van der Waals surface area contributed by atoms with Gasteiger partial charge in [-0.3, -0.25) is 0 Å². The molecule has 0 fully saturated rings. The highest BCUT2D eigenvalue weighted by Gasteiger charge is 2.20. The summed E-state index contributed by atoms with van der Waals surface area (Å²) >= 11 is 0. The van der Waals surface area contributed by atoms with E-state index < -0.39 is 7.25 Å². The van der Waals surface area contributed by atoms with Crippen LogP contribution in [0.4, 0.5) is 17.3 Å². The van der Waals surface area contributed by atoms with Crippen LogP contribution in [0.1, 0.15) is 27.0 Å². The highest BCUT2D eigenvalue weighted by Crippen LogP contribution is 2.09. The molecule has 0 bridgehead atoms. The topological polar surface area (TPSA) is 27.1 Å². The summed E-state index contributed by atoms with van der Waals surface area (Å²) in [6.07, 6.45) is 3.54. The average Bonchev–Trinajstić information content (AvgIpc) is 2.47. The molecule has 3 nitrogen and oxygen atoms in total. The van der Waals surface area contributed by atoms with Crippen molar-refractivity contribution < 1.29 is 23.5 Å². The quantitative estimate of drug-likeness (QED) is 0.574. The first-order chi connectivity index (χ1) is 6.75. The van der Waals surface area contributed by atoms with Gasteiger partial charge in [0, 0.05) is 12.1 Å². The van der Waals surface area contributed by atoms with Gasteiger partial charge >= 0.3 is 8.68 Å². The number of nitrogens with zero attached hydrogens (tertiary/aromatic N) is 2. The van der Waals surface area contributed by atoms with Crippen molar-refractivity contribution in [1.29, 1.82) is 0 Å². The minimum absolute atomic E-state index is 0. The van der Waals surface area contributed by atoms with Crippen molar-refractivity contribution in [2.45, 2.75) is 19.8 Å². The monoisotopic (exact) mass is 228 g/mol. The maximum Gasteiger partial charge on any atom is 1.00 e. The van der Waals surface area contributed by atoms with Gasteiger partial charge in [-0.05, 0) is 0 Å². The highest BCUT2D eigenvalue weighted by atomic mass is 19.5. The van der Waals surface area contributed by atoms with Crippen molar-refractivity contribution in [3.63, 3.8) is 0 Å². The molecule has 0 aromatic carbocycles. The van der Waals surface area contributed by atoms with E-state index in [0.29, 0.717) is 5.92 Å². The van der Waals surface area contributed by atoms with Crippen LogP contribution in [0.5, 0.6) is 0 Å². The Bertz CT molecular complexity index is 286. The van der Waals surface area contributed by atoms with E-state index in [1.165, 1.54) is 0 Å². The van der Waals surface area contributed by atoms with E-state index in [0.717, 1.165) is 5.82 Å². The largest absolute Gasteiger partial charge is 1.00 e. The van der Waals surface area contributed by atoms with E-state index in [1.54, 1.807) is 24.2 Å². The second-order valence-electron chi connectivity index (χ2n) is 2.94. The normalized spacial score (nSPS) is 10.9. The molecule has 0 spiro atoms. The zero-order valence-electron chi connectivity index (χ0n) is 9.62. The van der Waals surface area contributed by atoms with Gasteiger partial charge in [0.15, 0.2) is 0 Å². The molecule has 0 saturated heterocycles. The van der Waals surface area contributed by atoms with Crippen molar-refractivity contribution in [3.8, 4) is 0 Å². The van der Waals surface area contributed by atoms with E-state index in [9.17, 15) is 17.3 Å². The Kier molecular flexibility index (Phi) is 5.17. The van der Waals surface area contributed by atoms with Gasteiger partial charge in [0.25, 0.3) is 0 Å². The van der Waals surface area contributed by atoms with Crippen LogP contribution in [0.25, 0.3) is 0 Å². The van der Waals surface area contributed by atoms with E-state index in [-0.39, 0.29) is 1.43 Å². The number of hydrogen-bond acceptors (Lipinski definition) is 2. The Hall–Kier alpha value is -1.21. The van der Waals surface area contributed by atoms with Crippen LogP contribution in [0, 0.1) is 0 Å². The lowest BCUT2D eigenvalue weighted by Gasteiger charge is -2.06. The third-order valence-corrected chi connectivity index (χ3v) is 1.35. The first kappa shape index (κ1) is 13.8. The fourth-order valence-corrected chi connectivity index (χ4v) is 0.861. The van der Waals surface area contributed by atoms with Gasteiger partial charge in [-0.15, -0.1) is 0 Å². The Morgan fingerprint density at radius 1 is 1.40 bits per heavy atom. The smallest absolute Gasteiger partial charge is 0.418 e. The molecule has 1 rings (SSSR count). The minimum Gasteiger partial charge on any atom is -0.418 e. The zero-order valence-corrected chi connectivity index (χ0v) is 8.62. The standard InChI is InChI=1S/C7H12N2O.BF4/c1-6(2)7-8-4-5-9(7)10-3;2-1(3,4)5/h4-6H,1-3H3;/q;-1/p+1. The van der Waals surface area contributed by atoms with E-state index >= 15 is 0 Å². The van der Waals surface area contributed by atoms with Gasteiger partial charge < -0.3 is 22.1 Å². The molecule has 0 aliphatic heterocycles. The lowest BCUT2D eigenvalue weighted by molar-refractivity contribution is 0.155. The first-order valence-corrected chi connectivity index (χ1v) is 4.20. The van der Waals surface area contributed by atoms with Crippen LogP contribution in [-0.2, 0) is 0 Å². The molecule has 0 unspecified atom stereocenters. The summed E-state index contributed by atoms with van der Waals surface area (Å²) in [5.74, 6) is 1.37. The van der Waals surface area contributed by atoms with Gasteiger partial charge in [0.05, 0.1) is 6.20 Å². The highest BCUT2D eigenvalue weighted by molar-refractivity contribution is 6.50. The molecule has 1 aromatic heterocycles. The van der Waals surface area contributed by atoms with Crippen molar-refractivity contribution in [2.75, 3.05) is 7.11 Å². The van der Waals surface area contributed by atoms with E-state index in [4.69, 9.17) is 4.84 Å². The second-order valence-corrected chi connectivity index (χ2v) is 2.94. The van der Waals surface area contributed by atoms with Gasteiger partial charge in [0.2, 0.25) is 0 Å². The van der Waals surface area contributed by atoms with Gasteiger partial charge in [-0.25, -0.2) is 4.98 Å². The van der Waals surface area contributed by atoms with Crippen molar-refractivity contribution >= 4 is 7.25 Å². The Balaban J connectivity index is 0. The van der Waals surface area contributed by atoms with Crippen LogP contribution < -0.4 is 4.84 Å². The van der Waals surface area contributed by atoms with E-state index in [2.05, 4.69) is 18.8 Å². The Labute approximate surface area is 86.6 Å². The summed E-state index contributed by atoms with van der Waals surface area (Å²) in [5.41, 5.74) is 0. The molecule has 8 heteroatoms. The summed E-state index contributed by atoms with van der Waals surface area (Å²) in [7, 11) is -4.37. The molecule has 0 saturated carbocycles. The van der Waals surface area contributed by atoms with Crippen molar-refractivity contribution in [1.82, 2.24) is 9.71 Å². The van der Waals surface area contributed by atoms with Crippen LogP contribution >= 0.6 is 0 Å². The van der Waals surface area contributed by atoms with Gasteiger partial charge in [-0.2, -0.15) is 4.73 Å². The fraction of sp³-hybridized carbons (Fsp3) is 0.571. The molecule has 0 amide bonds. The Morgan fingerprint density at radius 2 is 1.87 bits per heavy atom. The maximum atomic E-state index is 9.75. The molecule has 0 radical (unpaired) electrons. The predicted molar refractivity (Wildman–Crippen MR) is 50.1 cm³/mol. The first-order valence-electron chi connectivity index (χ1n) is 4.20. The summed E-state index contributed by atoms with van der Waals surface area (Å²) < 4.78 is 40.7. The molecule has 0 aliphatic carbocycles. The zero-order chi connectivity index (χ0) is 12.1. The fourth-order valence-electron chi connectivity index (χ4n) is 0.861. The van der Waals surface area contributed by atoms with Crippen LogP contribution in [0.2, 0.25) is 0 Å². The SMILES string of the molecule is COn1ccnc1C(C)C.F[B-](F)(F)F.[H+]. The van der Waals surface area contributed by atoms with Crippen LogP contribution in [-0.4, -0.2) is 24.1 Å². The second kappa shape index (κ2) is 5.62. The van der Waals surface area contributed by atoms with Crippen LogP contribution in [0.15, 0.2) is 12.4 Å². The summed E-state index contributed by atoms with van der Waals surface area (Å²) in [5, 5.41) is 0. The van der Waals surface area contributed by atoms with Gasteiger partial charge in [-0.1, -0.05) is 13.8 Å². The molecule has 0 atom stereocenters. The lowest BCUT2D eigenvalue weighted by atomic mass is 10.2. The lowest BCUT2D eigenvalue weighted by Crippen LogP contribution is -2.10. The number of rotatable bonds is 2. The van der Waals surface area contributed by atoms with Gasteiger partial charge in [0.1, 0.15) is 12.9 Å². The predicted octanol–water partition coefficient (Wildman–Crippen LogP) is 2.48. The number of hydrogen-bond donors (Lipinski definition) is 0. The van der Waals surface area contributed by atoms with Crippen molar-refractivity contribution in [3.05, 3.63) is 18.2 Å². The third-order valence-electron chi connectivity index (χ3n) is 1.35. The summed E-state index contributed by atoms with van der Waals surface area (Å²) in [6.45, 7) is 4.16. The molecular formula is C7H13BF4N2O. The van der Waals surface area contributed by atoms with Crippen LogP contribution in [0.3, 0.4) is 0 Å². The number of halogens is 4. The molecular weight excluding hydrogens is 215 g/mol. The molecule has 1 heterocycles. The molecule has 0 N–H and O–H groups in total. The molecule has 1 aromatic rings. The molecule has 0 aliphatic rings. The summed E-state index contributed by atoms with van der Waals surface area (Å²) in [6, 6.07) is 0. The number of imidazole rings is 1. The minimum atomic E-state index is -6.00. The maximum absolute atomic E-state index is 9.75. The Morgan fingerprint density at radius 3 is 2.13 bits per heavy atom. The third kappa shape index (κ3) is 6.81. The molecule has 15 heavy (non-hydrogen) atoms. The summed E-state index contributed by atoms with van der Waals surface area (Å²) in [4.78, 5) is 9.13. The van der Waals surface area contributed by atoms with Crippen molar-refractivity contribution in [2.24, 2.45) is 0 Å². The number of aromatic nitrogens is 2. The van der Waals surface area contributed by atoms with E-state index in [1.807, 2.05) is 0 Å².